The lowest BCUT2D eigenvalue weighted by Crippen LogP contribution is -2.35. The molecule has 0 bridgehead atoms. The summed E-state index contributed by atoms with van der Waals surface area (Å²) in [5.41, 5.74) is 0.899. The van der Waals surface area contributed by atoms with Gasteiger partial charge in [0.15, 0.2) is 10.8 Å². The van der Waals surface area contributed by atoms with E-state index in [1.165, 1.54) is 18.4 Å². The number of furan rings is 1. The van der Waals surface area contributed by atoms with Crippen molar-refractivity contribution in [2.24, 2.45) is 29.6 Å². The van der Waals surface area contributed by atoms with Crippen molar-refractivity contribution in [2.45, 2.75) is 96.7 Å². The highest BCUT2D eigenvalue weighted by Gasteiger charge is 2.40. The highest BCUT2D eigenvalue weighted by Crippen LogP contribution is 2.46. The first kappa shape index (κ1) is 36.0. The third-order valence-corrected chi connectivity index (χ3v) is 12.5. The van der Waals surface area contributed by atoms with Gasteiger partial charge in [-0.15, -0.1) is 22.7 Å². The molecule has 3 heterocycles. The number of benzene rings is 1. The van der Waals surface area contributed by atoms with Gasteiger partial charge in [0.1, 0.15) is 16.8 Å². The molecular formula is C37H44N2O9S2. The van der Waals surface area contributed by atoms with Crippen molar-refractivity contribution < 1.29 is 42.6 Å². The van der Waals surface area contributed by atoms with Gasteiger partial charge in [-0.2, -0.15) is 5.90 Å². The summed E-state index contributed by atoms with van der Waals surface area (Å²) < 4.78 is 25.5. The summed E-state index contributed by atoms with van der Waals surface area (Å²) in [4.78, 5) is 60.6. The third-order valence-electron chi connectivity index (χ3n) is 10.6. The van der Waals surface area contributed by atoms with Crippen molar-refractivity contribution in [1.82, 2.24) is 4.98 Å². The molecule has 1 aromatic carbocycles. The minimum Gasteiger partial charge on any atom is -0.469 e. The van der Waals surface area contributed by atoms with Crippen molar-refractivity contribution in [3.63, 3.8) is 0 Å². The average molecular weight is 725 g/mol. The second-order valence-electron chi connectivity index (χ2n) is 14.1. The van der Waals surface area contributed by atoms with E-state index in [1.54, 1.807) is 11.3 Å². The average Bonchev–Trinajstić information content (AvgIpc) is 3.86. The van der Waals surface area contributed by atoms with Gasteiger partial charge in [-0.25, -0.2) is 4.98 Å². The lowest BCUT2D eigenvalue weighted by molar-refractivity contribution is -0.167. The number of rotatable bonds is 10. The smallest absolute Gasteiger partial charge is 0.327 e. The summed E-state index contributed by atoms with van der Waals surface area (Å²) in [5.74, 6) is 3.25. The number of carbonyl (C=O) groups is 4. The molecule has 4 aromatic rings. The first-order valence-corrected chi connectivity index (χ1v) is 18.9. The molecule has 0 radical (unpaired) electrons. The Morgan fingerprint density at radius 2 is 1.40 bits per heavy atom. The molecule has 2 saturated carbocycles. The predicted molar refractivity (Wildman–Crippen MR) is 189 cm³/mol. The van der Waals surface area contributed by atoms with Crippen molar-refractivity contribution in [2.75, 3.05) is 7.11 Å². The van der Waals surface area contributed by atoms with Crippen LogP contribution in [0, 0.1) is 23.7 Å². The highest BCUT2D eigenvalue weighted by atomic mass is 32.1. The zero-order chi connectivity index (χ0) is 35.8. The number of methoxy groups -OCH3 is 1. The van der Waals surface area contributed by atoms with E-state index in [4.69, 9.17) is 29.5 Å². The number of thiazole rings is 1. The molecule has 0 spiro atoms. The molecule has 6 rings (SSSR count). The number of hydrogen-bond acceptors (Lipinski definition) is 13. The van der Waals surface area contributed by atoms with Crippen LogP contribution < -0.4 is 5.90 Å². The van der Waals surface area contributed by atoms with Crippen LogP contribution in [0.5, 0.6) is 0 Å². The van der Waals surface area contributed by atoms with Gasteiger partial charge in [0.25, 0.3) is 0 Å². The number of fused-ring (bicyclic) bond motifs is 2. The third kappa shape index (κ3) is 7.04. The monoisotopic (exact) mass is 724 g/mol. The van der Waals surface area contributed by atoms with Crippen molar-refractivity contribution in [3.05, 3.63) is 40.8 Å². The second-order valence-corrected chi connectivity index (χ2v) is 16.1. The maximum atomic E-state index is 13.6. The van der Waals surface area contributed by atoms with Crippen LogP contribution in [0.25, 0.3) is 31.3 Å². The van der Waals surface area contributed by atoms with Gasteiger partial charge in [-0.1, -0.05) is 19.1 Å². The molecular weight excluding hydrogens is 681 g/mol. The van der Waals surface area contributed by atoms with Gasteiger partial charge in [-0.3, -0.25) is 19.2 Å². The van der Waals surface area contributed by atoms with Crippen molar-refractivity contribution in [1.29, 1.82) is 0 Å². The van der Waals surface area contributed by atoms with Gasteiger partial charge < -0.3 is 23.5 Å². The minimum atomic E-state index is -1.06. The van der Waals surface area contributed by atoms with Crippen LogP contribution in [0.3, 0.4) is 0 Å². The number of nitrogens with zero attached hydrogens (tertiary/aromatic N) is 1. The molecule has 2 N–H and O–H groups in total. The molecule has 3 aromatic heterocycles. The standard InChI is InChI=1S/C37H44N2O9S2/c1-6-37(4,47-34(42)22-9-7-20(8-10-22)32(40)44-5)25-16-15-24(29-30(25)50-31(39-29)27-19-28-26(45-27)17-18-49-28)36(2,3)46-33(41)21-11-13-23(14-12-21)35(43)48-38/h15-23H,6-14,38H2,1-5H3. The van der Waals surface area contributed by atoms with Gasteiger partial charge in [0, 0.05) is 17.2 Å². The van der Waals surface area contributed by atoms with E-state index >= 15 is 0 Å². The Morgan fingerprint density at radius 3 is 1.96 bits per heavy atom. The second kappa shape index (κ2) is 14.4. The summed E-state index contributed by atoms with van der Waals surface area (Å²) in [6, 6.07) is 7.76. The summed E-state index contributed by atoms with van der Waals surface area (Å²) in [5, 5.41) is 2.64. The number of hydrogen-bond donors (Lipinski definition) is 1. The minimum absolute atomic E-state index is 0.191. The molecule has 11 nitrogen and oxygen atoms in total. The number of nitrogens with two attached hydrogens (primary N) is 1. The van der Waals surface area contributed by atoms with E-state index in [0.29, 0.717) is 79.6 Å². The van der Waals surface area contributed by atoms with Gasteiger partial charge in [0.05, 0.1) is 45.7 Å². The number of aromatic nitrogens is 1. The molecule has 1 atom stereocenters. The molecule has 2 fully saturated rings. The van der Waals surface area contributed by atoms with E-state index in [-0.39, 0.29) is 41.6 Å². The molecule has 50 heavy (non-hydrogen) atoms. The van der Waals surface area contributed by atoms with Crippen LogP contribution in [0.2, 0.25) is 0 Å². The topological polar surface area (TPSA) is 157 Å². The summed E-state index contributed by atoms with van der Waals surface area (Å²) >= 11 is 3.04. The first-order chi connectivity index (χ1) is 23.9. The number of ether oxygens (including phenoxy) is 3. The quantitative estimate of drug-likeness (QED) is 0.0962. The maximum absolute atomic E-state index is 13.6. The summed E-state index contributed by atoms with van der Waals surface area (Å²) in [6.07, 6.45) is 4.82. The molecule has 2 aliphatic carbocycles. The molecule has 2 aliphatic rings. The Bertz CT molecular complexity index is 1860. The number of esters is 3. The lowest BCUT2D eigenvalue weighted by atomic mass is 9.81. The fourth-order valence-electron chi connectivity index (χ4n) is 7.29. The highest BCUT2D eigenvalue weighted by molar-refractivity contribution is 7.22. The van der Waals surface area contributed by atoms with Crippen LogP contribution >= 0.6 is 22.7 Å². The van der Waals surface area contributed by atoms with Gasteiger partial charge in [0.2, 0.25) is 0 Å². The Kier molecular flexibility index (Phi) is 10.4. The van der Waals surface area contributed by atoms with Crippen molar-refractivity contribution >= 4 is 67.1 Å². The SMILES string of the molecule is CCC(C)(OC(=O)C1CCC(C(=O)OC)CC1)c1ccc(C(C)(C)OC(=O)C2CCC(C(=O)ON)CC2)c2nc(-c3cc4sccc4o3)sc12. The molecule has 268 valence electrons. The molecule has 13 heteroatoms. The van der Waals surface area contributed by atoms with Gasteiger partial charge in [-0.05, 0) is 90.0 Å². The van der Waals surface area contributed by atoms with Crippen LogP contribution in [0.15, 0.2) is 34.1 Å². The van der Waals surface area contributed by atoms with E-state index in [9.17, 15) is 19.2 Å². The fourth-order valence-corrected chi connectivity index (χ4v) is 9.21. The lowest BCUT2D eigenvalue weighted by Gasteiger charge is -2.34. The van der Waals surface area contributed by atoms with Crippen molar-refractivity contribution in [3.8, 4) is 10.8 Å². The zero-order valence-corrected chi connectivity index (χ0v) is 30.7. The Hall–Kier alpha value is -3.81. The predicted octanol–water partition coefficient (Wildman–Crippen LogP) is 7.92. The molecule has 0 aliphatic heterocycles. The maximum Gasteiger partial charge on any atom is 0.327 e. The normalized spacial score (nSPS) is 22.5. The van der Waals surface area contributed by atoms with E-state index in [0.717, 1.165) is 20.5 Å². The summed E-state index contributed by atoms with van der Waals surface area (Å²) in [6.45, 7) is 7.60. The van der Waals surface area contributed by atoms with E-state index in [1.807, 2.05) is 57.3 Å². The number of thiophene rings is 1. The van der Waals surface area contributed by atoms with Crippen LogP contribution in [0.4, 0.5) is 0 Å². The molecule has 0 saturated heterocycles. The molecule has 0 amide bonds. The Morgan fingerprint density at radius 1 is 0.840 bits per heavy atom. The number of carbonyl (C=O) groups excluding carboxylic acids is 4. The van der Waals surface area contributed by atoms with E-state index < -0.39 is 17.2 Å². The Labute approximate surface area is 298 Å². The first-order valence-electron chi connectivity index (χ1n) is 17.2. The molecule has 1 unspecified atom stereocenters. The van der Waals surface area contributed by atoms with Gasteiger partial charge >= 0.3 is 23.9 Å². The largest absolute Gasteiger partial charge is 0.469 e. The fraction of sp³-hybridized carbons (Fsp3) is 0.541. The summed E-state index contributed by atoms with van der Waals surface area (Å²) in [7, 11) is 1.39. The van der Waals surface area contributed by atoms with Crippen LogP contribution in [0.1, 0.15) is 96.6 Å². The Balaban J connectivity index is 1.31. The van der Waals surface area contributed by atoms with Crippen LogP contribution in [-0.4, -0.2) is 36.0 Å². The van der Waals surface area contributed by atoms with E-state index in [2.05, 4.69) is 4.84 Å². The van der Waals surface area contributed by atoms with Crippen LogP contribution in [-0.2, 0) is 49.4 Å². The zero-order valence-electron chi connectivity index (χ0n) is 29.1.